The lowest BCUT2D eigenvalue weighted by Crippen LogP contribution is -2.49. The minimum absolute atomic E-state index is 0.0818. The number of anilines is 1. The van der Waals surface area contributed by atoms with Crippen LogP contribution in [0.5, 0.6) is 5.75 Å². The molecule has 0 bridgehead atoms. The third kappa shape index (κ3) is 5.64. The number of imide groups is 1. The SMILES string of the molecule is CCC(C)(C)NC1CC(=O)N(c2ccc(C(=O)OCC(=O)c3cccc(OC)c3)cc2)C1=O. The zero-order valence-electron chi connectivity index (χ0n) is 19.2. The van der Waals surface area contributed by atoms with Crippen molar-refractivity contribution in [3.05, 3.63) is 59.7 Å². The van der Waals surface area contributed by atoms with E-state index in [1.165, 1.54) is 31.4 Å². The molecule has 1 unspecified atom stereocenters. The second-order valence-corrected chi connectivity index (χ2v) is 8.48. The molecule has 2 aromatic carbocycles. The third-order valence-corrected chi connectivity index (χ3v) is 5.68. The van der Waals surface area contributed by atoms with Crippen molar-refractivity contribution in [1.82, 2.24) is 5.32 Å². The maximum Gasteiger partial charge on any atom is 0.338 e. The quantitative estimate of drug-likeness (QED) is 0.354. The first-order chi connectivity index (χ1) is 15.6. The Morgan fingerprint density at radius 1 is 1.09 bits per heavy atom. The van der Waals surface area contributed by atoms with E-state index in [4.69, 9.17) is 9.47 Å². The van der Waals surface area contributed by atoms with Crippen molar-refractivity contribution < 1.29 is 28.7 Å². The largest absolute Gasteiger partial charge is 0.497 e. The number of hydrogen-bond donors (Lipinski definition) is 1. The average Bonchev–Trinajstić information content (AvgIpc) is 3.09. The zero-order valence-corrected chi connectivity index (χ0v) is 19.2. The number of carbonyl (C=O) groups is 4. The maximum atomic E-state index is 12.8. The van der Waals surface area contributed by atoms with Crippen LogP contribution in [-0.2, 0) is 14.3 Å². The molecule has 2 aromatic rings. The number of carbonyl (C=O) groups excluding carboxylic acids is 4. The van der Waals surface area contributed by atoms with Crippen LogP contribution in [0.1, 0.15) is 54.3 Å². The predicted octanol–water partition coefficient (Wildman–Crippen LogP) is 3.15. The lowest BCUT2D eigenvalue weighted by molar-refractivity contribution is -0.121. The molecule has 8 nitrogen and oxygen atoms in total. The summed E-state index contributed by atoms with van der Waals surface area (Å²) in [5, 5.41) is 3.24. The van der Waals surface area contributed by atoms with E-state index < -0.39 is 18.6 Å². The van der Waals surface area contributed by atoms with Gasteiger partial charge in [0.05, 0.1) is 30.8 Å². The second-order valence-electron chi connectivity index (χ2n) is 8.48. The number of nitrogens with zero attached hydrogens (tertiary/aromatic N) is 1. The molecule has 1 aliphatic heterocycles. The Labute approximate surface area is 192 Å². The van der Waals surface area contributed by atoms with Gasteiger partial charge in [0.2, 0.25) is 5.91 Å². The number of hydrogen-bond acceptors (Lipinski definition) is 7. The summed E-state index contributed by atoms with van der Waals surface area (Å²) < 4.78 is 10.2. The Morgan fingerprint density at radius 3 is 2.42 bits per heavy atom. The van der Waals surface area contributed by atoms with Gasteiger partial charge in [0.15, 0.2) is 12.4 Å². The first-order valence-electron chi connectivity index (χ1n) is 10.7. The molecule has 0 aliphatic carbocycles. The molecule has 3 rings (SSSR count). The van der Waals surface area contributed by atoms with Crippen molar-refractivity contribution in [2.75, 3.05) is 18.6 Å². The standard InChI is InChI=1S/C25H28N2O6/c1-5-25(2,3)26-20-14-22(29)27(23(20)30)18-11-9-16(10-12-18)24(31)33-15-21(28)17-7-6-8-19(13-17)32-4/h6-13,20,26H,5,14-15H2,1-4H3. The molecular weight excluding hydrogens is 424 g/mol. The summed E-state index contributed by atoms with van der Waals surface area (Å²) in [4.78, 5) is 51.0. The summed E-state index contributed by atoms with van der Waals surface area (Å²) >= 11 is 0. The van der Waals surface area contributed by atoms with Gasteiger partial charge in [-0.3, -0.25) is 14.4 Å². The molecule has 1 saturated heterocycles. The highest BCUT2D eigenvalue weighted by molar-refractivity contribution is 6.22. The summed E-state index contributed by atoms with van der Waals surface area (Å²) in [5.41, 5.74) is 0.690. The van der Waals surface area contributed by atoms with Gasteiger partial charge in [0.25, 0.3) is 5.91 Å². The van der Waals surface area contributed by atoms with Gasteiger partial charge in [-0.05, 0) is 56.7 Å². The summed E-state index contributed by atoms with van der Waals surface area (Å²) in [6.45, 7) is 5.55. The Balaban J connectivity index is 1.62. The zero-order chi connectivity index (χ0) is 24.2. The highest BCUT2D eigenvalue weighted by atomic mass is 16.5. The van der Waals surface area contributed by atoms with Crippen molar-refractivity contribution in [3.63, 3.8) is 0 Å². The number of nitrogens with one attached hydrogen (secondary N) is 1. The van der Waals surface area contributed by atoms with Gasteiger partial charge in [0.1, 0.15) is 5.75 Å². The number of rotatable bonds is 9. The van der Waals surface area contributed by atoms with Gasteiger partial charge in [-0.15, -0.1) is 0 Å². The van der Waals surface area contributed by atoms with E-state index in [1.54, 1.807) is 24.3 Å². The number of amides is 2. The lowest BCUT2D eigenvalue weighted by atomic mass is 10.00. The minimum Gasteiger partial charge on any atom is -0.497 e. The number of ether oxygens (including phenoxy) is 2. The van der Waals surface area contributed by atoms with Crippen LogP contribution in [-0.4, -0.2) is 48.9 Å². The molecule has 1 atom stereocenters. The molecule has 0 saturated carbocycles. The average molecular weight is 453 g/mol. The Hall–Kier alpha value is -3.52. The maximum absolute atomic E-state index is 12.8. The molecule has 1 aliphatic rings. The number of Topliss-reactive ketones (excluding diaryl/α,β-unsaturated/α-hetero) is 1. The summed E-state index contributed by atoms with van der Waals surface area (Å²) in [5.74, 6) is -1.13. The lowest BCUT2D eigenvalue weighted by Gasteiger charge is -2.27. The molecule has 1 heterocycles. The predicted molar refractivity (Wildman–Crippen MR) is 122 cm³/mol. The summed E-state index contributed by atoms with van der Waals surface area (Å²) in [7, 11) is 1.50. The van der Waals surface area contributed by atoms with Crippen molar-refractivity contribution in [3.8, 4) is 5.75 Å². The van der Waals surface area contributed by atoms with Crippen LogP contribution in [0.15, 0.2) is 48.5 Å². The Kier molecular flexibility index (Phi) is 7.28. The van der Waals surface area contributed by atoms with E-state index in [9.17, 15) is 19.2 Å². The van der Waals surface area contributed by atoms with Crippen molar-refractivity contribution in [2.45, 2.75) is 45.2 Å². The van der Waals surface area contributed by atoms with E-state index in [1.807, 2.05) is 20.8 Å². The van der Waals surface area contributed by atoms with Gasteiger partial charge in [-0.2, -0.15) is 0 Å². The topological polar surface area (TPSA) is 102 Å². The van der Waals surface area contributed by atoms with Gasteiger partial charge >= 0.3 is 5.97 Å². The smallest absolute Gasteiger partial charge is 0.338 e. The first kappa shape index (κ1) is 24.1. The number of benzene rings is 2. The molecule has 1 fully saturated rings. The van der Waals surface area contributed by atoms with Gasteiger partial charge in [-0.1, -0.05) is 19.1 Å². The minimum atomic E-state index is -0.680. The van der Waals surface area contributed by atoms with Crippen molar-refractivity contribution >= 4 is 29.3 Å². The fraction of sp³-hybridized carbons (Fsp3) is 0.360. The van der Waals surface area contributed by atoms with E-state index in [2.05, 4.69) is 5.32 Å². The van der Waals surface area contributed by atoms with Crippen LogP contribution in [0.4, 0.5) is 5.69 Å². The molecular formula is C25H28N2O6. The van der Waals surface area contributed by atoms with Gasteiger partial charge < -0.3 is 14.8 Å². The molecule has 8 heteroatoms. The first-order valence-corrected chi connectivity index (χ1v) is 10.7. The van der Waals surface area contributed by atoms with E-state index in [-0.39, 0.29) is 35.1 Å². The third-order valence-electron chi connectivity index (χ3n) is 5.68. The van der Waals surface area contributed by atoms with Crippen LogP contribution in [0.2, 0.25) is 0 Å². The van der Waals surface area contributed by atoms with Crippen LogP contribution in [0, 0.1) is 0 Å². The molecule has 1 N–H and O–H groups in total. The summed E-state index contributed by atoms with van der Waals surface area (Å²) in [6, 6.07) is 11.9. The fourth-order valence-corrected chi connectivity index (χ4v) is 3.43. The number of methoxy groups -OCH3 is 1. The molecule has 0 spiro atoms. The van der Waals surface area contributed by atoms with E-state index in [0.29, 0.717) is 17.0 Å². The fourth-order valence-electron chi connectivity index (χ4n) is 3.43. The van der Waals surface area contributed by atoms with Crippen molar-refractivity contribution in [2.24, 2.45) is 0 Å². The van der Waals surface area contributed by atoms with Crippen LogP contribution < -0.4 is 15.0 Å². The molecule has 174 valence electrons. The molecule has 33 heavy (non-hydrogen) atoms. The Bertz CT molecular complexity index is 1060. The Morgan fingerprint density at radius 2 is 1.79 bits per heavy atom. The molecule has 2 amide bonds. The van der Waals surface area contributed by atoms with Crippen LogP contribution in [0.25, 0.3) is 0 Å². The summed E-state index contributed by atoms with van der Waals surface area (Å²) in [6.07, 6.45) is 0.889. The number of esters is 1. The monoisotopic (exact) mass is 452 g/mol. The highest BCUT2D eigenvalue weighted by Gasteiger charge is 2.41. The van der Waals surface area contributed by atoms with Gasteiger partial charge in [0, 0.05) is 11.1 Å². The number of ketones is 1. The second kappa shape index (κ2) is 9.95. The van der Waals surface area contributed by atoms with E-state index in [0.717, 1.165) is 11.3 Å². The highest BCUT2D eigenvalue weighted by Crippen LogP contribution is 2.25. The van der Waals surface area contributed by atoms with Gasteiger partial charge in [-0.25, -0.2) is 9.69 Å². The van der Waals surface area contributed by atoms with Crippen LogP contribution in [0.3, 0.4) is 0 Å². The normalized spacial score (nSPS) is 16.1. The van der Waals surface area contributed by atoms with Crippen molar-refractivity contribution in [1.29, 1.82) is 0 Å². The molecule has 0 radical (unpaired) electrons. The van der Waals surface area contributed by atoms with Crippen LogP contribution >= 0.6 is 0 Å². The molecule has 0 aromatic heterocycles. The van der Waals surface area contributed by atoms with E-state index >= 15 is 0 Å².